The van der Waals surface area contributed by atoms with Crippen LogP contribution in [0.5, 0.6) is 0 Å². The Bertz CT molecular complexity index is 3300. The molecular weight excluding hydrogens is 725 g/mol. The second-order valence-corrected chi connectivity index (χ2v) is 15.3. The minimum Gasteiger partial charge on any atom is -0.309 e. The molecule has 0 fully saturated rings. The van der Waals surface area contributed by atoms with E-state index in [0.717, 1.165) is 45.0 Å². The number of fused-ring (bicyclic) bond motifs is 4. The highest BCUT2D eigenvalue weighted by Gasteiger charge is 2.25. The molecule has 2 heteroatoms. The van der Waals surface area contributed by atoms with Crippen LogP contribution in [0.2, 0.25) is 0 Å². The minimum atomic E-state index is 1.07. The quantitative estimate of drug-likeness (QED) is 0.150. The van der Waals surface area contributed by atoms with Crippen LogP contribution in [0.25, 0.3) is 82.8 Å². The lowest BCUT2D eigenvalue weighted by molar-refractivity contribution is 1.18. The minimum absolute atomic E-state index is 1.07. The van der Waals surface area contributed by atoms with Gasteiger partial charge in [0.25, 0.3) is 0 Å². The van der Waals surface area contributed by atoms with E-state index in [1.807, 2.05) is 0 Å². The molecular formula is C58H40N2. The Morgan fingerprint density at radius 1 is 0.300 bits per heavy atom. The van der Waals surface area contributed by atoms with Crippen molar-refractivity contribution in [1.29, 1.82) is 0 Å². The van der Waals surface area contributed by atoms with Gasteiger partial charge in [-0.05, 0) is 98.8 Å². The van der Waals surface area contributed by atoms with Crippen LogP contribution >= 0.6 is 0 Å². The van der Waals surface area contributed by atoms with Gasteiger partial charge in [0.15, 0.2) is 0 Å². The van der Waals surface area contributed by atoms with Gasteiger partial charge in [-0.1, -0.05) is 188 Å². The Hall–Kier alpha value is -7.94. The zero-order chi connectivity index (χ0) is 39.8. The van der Waals surface area contributed by atoms with E-state index in [4.69, 9.17) is 0 Å². The van der Waals surface area contributed by atoms with Crippen molar-refractivity contribution in [3.8, 4) is 50.2 Å². The molecule has 0 spiro atoms. The largest absolute Gasteiger partial charge is 0.309 e. The highest BCUT2D eigenvalue weighted by Crippen LogP contribution is 2.49. The fourth-order valence-electron chi connectivity index (χ4n) is 8.98. The van der Waals surface area contributed by atoms with Gasteiger partial charge in [0, 0.05) is 33.3 Å². The van der Waals surface area contributed by atoms with Crippen molar-refractivity contribution >= 4 is 49.6 Å². The van der Waals surface area contributed by atoms with Crippen LogP contribution in [-0.2, 0) is 0 Å². The number of hydrogen-bond acceptors (Lipinski definition) is 1. The molecule has 0 N–H and O–H groups in total. The molecule has 0 bridgehead atoms. The number of rotatable bonds is 8. The highest BCUT2D eigenvalue weighted by molar-refractivity contribution is 6.11. The van der Waals surface area contributed by atoms with E-state index in [0.29, 0.717) is 0 Å². The van der Waals surface area contributed by atoms with E-state index in [-0.39, 0.29) is 0 Å². The summed E-state index contributed by atoms with van der Waals surface area (Å²) in [6, 6.07) is 88.1. The Morgan fingerprint density at radius 2 is 0.883 bits per heavy atom. The molecule has 0 saturated carbocycles. The van der Waals surface area contributed by atoms with Gasteiger partial charge in [-0.15, -0.1) is 0 Å². The van der Waals surface area contributed by atoms with E-state index in [1.54, 1.807) is 0 Å². The van der Waals surface area contributed by atoms with Crippen molar-refractivity contribution in [2.24, 2.45) is 0 Å². The molecule has 60 heavy (non-hydrogen) atoms. The number of para-hydroxylation sites is 2. The summed E-state index contributed by atoms with van der Waals surface area (Å²) in [5, 5.41) is 4.92. The van der Waals surface area contributed by atoms with Crippen molar-refractivity contribution in [3.05, 3.63) is 243 Å². The molecule has 11 aromatic rings. The van der Waals surface area contributed by atoms with Gasteiger partial charge in [-0.2, -0.15) is 0 Å². The van der Waals surface area contributed by atoms with Crippen LogP contribution < -0.4 is 4.90 Å². The Morgan fingerprint density at radius 3 is 1.63 bits per heavy atom. The summed E-state index contributed by atoms with van der Waals surface area (Å²) >= 11 is 0. The summed E-state index contributed by atoms with van der Waals surface area (Å²) in [6.07, 6.45) is 0. The summed E-state index contributed by atoms with van der Waals surface area (Å²) in [5.74, 6) is 0. The van der Waals surface area contributed by atoms with Crippen molar-refractivity contribution in [2.45, 2.75) is 0 Å². The number of aromatic nitrogens is 1. The summed E-state index contributed by atoms with van der Waals surface area (Å²) in [5.41, 5.74) is 16.1. The number of benzene rings is 10. The second kappa shape index (κ2) is 15.1. The van der Waals surface area contributed by atoms with Gasteiger partial charge in [0.05, 0.1) is 22.4 Å². The monoisotopic (exact) mass is 764 g/mol. The van der Waals surface area contributed by atoms with E-state index in [9.17, 15) is 0 Å². The normalized spacial score (nSPS) is 11.3. The van der Waals surface area contributed by atoms with E-state index < -0.39 is 0 Å². The molecule has 0 unspecified atom stereocenters. The topological polar surface area (TPSA) is 8.17 Å². The van der Waals surface area contributed by atoms with Gasteiger partial charge in [0.1, 0.15) is 0 Å². The zero-order valence-corrected chi connectivity index (χ0v) is 33.0. The maximum atomic E-state index is 2.49. The van der Waals surface area contributed by atoms with Gasteiger partial charge in [-0.3, -0.25) is 0 Å². The third-order valence-corrected chi connectivity index (χ3v) is 11.8. The predicted octanol–water partition coefficient (Wildman–Crippen LogP) is 16.1. The molecule has 1 heterocycles. The molecule has 0 saturated heterocycles. The molecule has 0 radical (unpaired) electrons. The standard InChI is InChI=1S/C58H40N2/c1-5-19-42(20-6-1)50-29-17-31-56(58(50)44-23-9-3-10-24-44)60(49-35-36-52-51-28-15-16-30-54(51)59(57(52)40-49)48-26-11-4-12-27-48)55-37-34-47(39-53(55)43-21-7-2-8-22-43)46-33-32-41-18-13-14-25-45(41)38-46/h1-40H. The molecule has 0 aliphatic carbocycles. The molecule has 0 aliphatic heterocycles. The van der Waals surface area contributed by atoms with Gasteiger partial charge in [-0.25, -0.2) is 0 Å². The lowest BCUT2D eigenvalue weighted by Gasteiger charge is -2.31. The van der Waals surface area contributed by atoms with E-state index in [2.05, 4.69) is 252 Å². The summed E-state index contributed by atoms with van der Waals surface area (Å²) in [6.45, 7) is 0. The average molecular weight is 765 g/mol. The Labute approximate surface area is 350 Å². The summed E-state index contributed by atoms with van der Waals surface area (Å²) < 4.78 is 2.41. The van der Waals surface area contributed by atoms with Crippen LogP contribution in [0.3, 0.4) is 0 Å². The van der Waals surface area contributed by atoms with E-state index in [1.165, 1.54) is 54.9 Å². The van der Waals surface area contributed by atoms with Crippen LogP contribution in [0, 0.1) is 0 Å². The second-order valence-electron chi connectivity index (χ2n) is 15.3. The lowest BCUT2D eigenvalue weighted by Crippen LogP contribution is -2.13. The van der Waals surface area contributed by atoms with E-state index >= 15 is 0 Å². The first-order valence-electron chi connectivity index (χ1n) is 20.6. The van der Waals surface area contributed by atoms with Crippen LogP contribution in [0.15, 0.2) is 243 Å². The van der Waals surface area contributed by atoms with Crippen molar-refractivity contribution in [1.82, 2.24) is 4.57 Å². The SMILES string of the molecule is c1ccc(-c2cc(-c3ccc4ccccc4c3)ccc2N(c2ccc3c4ccccc4n(-c4ccccc4)c3c2)c2cccc(-c3ccccc3)c2-c2ccccc2)cc1. The third-order valence-electron chi connectivity index (χ3n) is 11.8. The number of nitrogens with zero attached hydrogens (tertiary/aromatic N) is 2. The maximum Gasteiger partial charge on any atom is 0.0561 e. The summed E-state index contributed by atoms with van der Waals surface area (Å²) in [7, 11) is 0. The molecule has 1 aromatic heterocycles. The van der Waals surface area contributed by atoms with Crippen LogP contribution in [-0.4, -0.2) is 4.57 Å². The fourth-order valence-corrected chi connectivity index (χ4v) is 8.98. The smallest absolute Gasteiger partial charge is 0.0561 e. The van der Waals surface area contributed by atoms with Crippen molar-refractivity contribution in [3.63, 3.8) is 0 Å². The molecule has 282 valence electrons. The van der Waals surface area contributed by atoms with Crippen molar-refractivity contribution < 1.29 is 0 Å². The molecule has 11 rings (SSSR count). The zero-order valence-electron chi connectivity index (χ0n) is 33.0. The Kier molecular flexibility index (Phi) is 8.87. The van der Waals surface area contributed by atoms with Crippen LogP contribution in [0.1, 0.15) is 0 Å². The first-order chi connectivity index (χ1) is 29.8. The number of anilines is 3. The van der Waals surface area contributed by atoms with Crippen LogP contribution in [0.4, 0.5) is 17.1 Å². The molecule has 0 aliphatic rings. The number of hydrogen-bond donors (Lipinski definition) is 0. The molecule has 10 aromatic carbocycles. The lowest BCUT2D eigenvalue weighted by atomic mass is 9.91. The predicted molar refractivity (Wildman–Crippen MR) is 255 cm³/mol. The van der Waals surface area contributed by atoms with Gasteiger partial charge < -0.3 is 9.47 Å². The molecule has 0 amide bonds. The van der Waals surface area contributed by atoms with Gasteiger partial charge >= 0.3 is 0 Å². The Balaban J connectivity index is 1.23. The third kappa shape index (κ3) is 6.23. The molecule has 2 nitrogen and oxygen atoms in total. The molecule has 0 atom stereocenters. The van der Waals surface area contributed by atoms with Crippen molar-refractivity contribution in [2.75, 3.05) is 4.90 Å². The van der Waals surface area contributed by atoms with Gasteiger partial charge in [0.2, 0.25) is 0 Å². The highest BCUT2D eigenvalue weighted by atomic mass is 15.2. The maximum absolute atomic E-state index is 2.49. The summed E-state index contributed by atoms with van der Waals surface area (Å²) in [4.78, 5) is 2.49. The average Bonchev–Trinajstić information content (AvgIpc) is 3.66. The first-order valence-corrected chi connectivity index (χ1v) is 20.6. The fraction of sp³-hybridized carbons (Fsp3) is 0. The first kappa shape index (κ1) is 35.2.